The van der Waals surface area contributed by atoms with E-state index in [1.807, 2.05) is 6.92 Å². The molecule has 0 bridgehead atoms. The van der Waals surface area contributed by atoms with Gasteiger partial charge in [0.1, 0.15) is 0 Å². The van der Waals surface area contributed by atoms with Crippen LogP contribution in [0.25, 0.3) is 0 Å². The molecule has 0 aliphatic heterocycles. The Morgan fingerprint density at radius 2 is 1.00 bits per heavy atom. The maximum Gasteiger partial charge on any atom is 0.231 e. The molecular weight excluding hydrogens is 246 g/mol. The molecule has 0 heterocycles. The molecule has 0 aromatic heterocycles. The molecule has 0 amide bonds. The molecule has 0 aliphatic rings. The molecule has 100 valence electrons. The molecule has 16 heavy (non-hydrogen) atoms. The molecule has 0 fully saturated rings. The van der Waals surface area contributed by atoms with Crippen LogP contribution in [0, 0.1) is 12.3 Å². The van der Waals surface area contributed by atoms with Crippen LogP contribution in [0.15, 0.2) is 0 Å². The molecule has 0 unspecified atom stereocenters. The maximum absolute atomic E-state index is 8.35. The molecule has 0 spiro atoms. The van der Waals surface area contributed by atoms with Crippen LogP contribution >= 0.6 is 0 Å². The molecule has 4 N–H and O–H groups in total. The molecule has 0 rings (SSSR count). The van der Waals surface area contributed by atoms with Gasteiger partial charge in [0.15, 0.2) is 0 Å². The summed E-state index contributed by atoms with van der Waals surface area (Å²) in [6.07, 6.45) is 1.75. The predicted molar refractivity (Wildman–Crippen MR) is 62.3 cm³/mol. The first-order valence-corrected chi connectivity index (χ1v) is 4.73. The van der Waals surface area contributed by atoms with E-state index < -0.39 is 0 Å². The van der Waals surface area contributed by atoms with E-state index in [-0.39, 0.29) is 41.5 Å². The van der Waals surface area contributed by atoms with E-state index in [0.717, 1.165) is 12.5 Å². The van der Waals surface area contributed by atoms with Crippen molar-refractivity contribution in [1.29, 1.82) is 5.41 Å². The summed E-state index contributed by atoms with van der Waals surface area (Å²) in [6.45, 7) is 11.3. The topological polar surface area (TPSA) is 102 Å². The number of carbonyl (C=O) groups excluding carboxylic acids is 1. The van der Waals surface area contributed by atoms with Gasteiger partial charge in [0, 0.05) is 41.5 Å². The van der Waals surface area contributed by atoms with Crippen LogP contribution in [0.3, 0.4) is 0 Å². The Balaban J connectivity index is -0.0000000192. The first-order valence-electron chi connectivity index (χ1n) is 4.73. The fraction of sp³-hybridized carbons (Fsp3) is 0.800. The first-order chi connectivity index (χ1) is 7.07. The van der Waals surface area contributed by atoms with E-state index >= 15 is 0 Å². The molecule has 0 radical (unpaired) electrons. The second kappa shape index (κ2) is 118. The quantitative estimate of drug-likeness (QED) is 0.230. The normalized spacial score (nSPS) is 5.00. The van der Waals surface area contributed by atoms with Crippen LogP contribution in [0.2, 0.25) is 0 Å². The van der Waals surface area contributed by atoms with Crippen molar-refractivity contribution in [3.8, 4) is 0 Å². The molecule has 0 aliphatic carbocycles. The van der Waals surface area contributed by atoms with Crippen molar-refractivity contribution < 1.29 is 41.8 Å². The minimum Gasteiger partial charge on any atom is -0.397 e. The Labute approximate surface area is 114 Å². The third kappa shape index (κ3) is 3560000. The summed E-state index contributed by atoms with van der Waals surface area (Å²) in [5.41, 5.74) is 0. The number of isocyanates is 1. The summed E-state index contributed by atoms with van der Waals surface area (Å²) in [5.74, 6) is 0. The average molecular weight is 272 g/mol. The van der Waals surface area contributed by atoms with Crippen LogP contribution < -0.4 is 0 Å². The van der Waals surface area contributed by atoms with Crippen LogP contribution in [-0.4, -0.2) is 41.2 Å². The SMILES string of the molecule is CCO.CCO.CCO.N=C=O.[CH2-]CC.[Ti]. The van der Waals surface area contributed by atoms with E-state index in [0.29, 0.717) is 0 Å². The molecule has 5 nitrogen and oxygen atoms in total. The Morgan fingerprint density at radius 1 is 1.00 bits per heavy atom. The third-order valence-electron chi connectivity index (χ3n) is 0. The summed E-state index contributed by atoms with van der Waals surface area (Å²) in [5, 5.41) is 28.1. The van der Waals surface area contributed by atoms with Gasteiger partial charge in [0.25, 0.3) is 0 Å². The van der Waals surface area contributed by atoms with Crippen LogP contribution in [-0.2, 0) is 26.5 Å². The fourth-order valence-electron chi connectivity index (χ4n) is 0. The summed E-state index contributed by atoms with van der Waals surface area (Å²) in [6, 6.07) is 0. The van der Waals surface area contributed by atoms with Gasteiger partial charge in [-0.3, -0.25) is 0 Å². The summed E-state index contributed by atoms with van der Waals surface area (Å²) in [4.78, 5) is 8.35. The van der Waals surface area contributed by atoms with Gasteiger partial charge in [-0.2, -0.15) is 6.42 Å². The van der Waals surface area contributed by atoms with E-state index in [1.54, 1.807) is 20.8 Å². The number of hydrogen-bond donors (Lipinski definition) is 4. The van der Waals surface area contributed by atoms with Gasteiger partial charge >= 0.3 is 0 Å². The minimum atomic E-state index is 0. The second-order valence-corrected chi connectivity index (χ2v) is 1.55. The van der Waals surface area contributed by atoms with Crippen LogP contribution in [0.5, 0.6) is 0 Å². The largest absolute Gasteiger partial charge is 0.397 e. The zero-order chi connectivity index (χ0) is 13.5. The van der Waals surface area contributed by atoms with Crippen LogP contribution in [0.4, 0.5) is 0 Å². The molecule has 0 aromatic carbocycles. The van der Waals surface area contributed by atoms with E-state index in [2.05, 4.69) is 6.92 Å². The van der Waals surface area contributed by atoms with Gasteiger partial charge in [0.2, 0.25) is 6.08 Å². The van der Waals surface area contributed by atoms with Crippen molar-refractivity contribution in [3.63, 3.8) is 0 Å². The van der Waals surface area contributed by atoms with Crippen LogP contribution in [0.1, 0.15) is 34.1 Å². The Kier molecular flexibility index (Phi) is 266. The van der Waals surface area contributed by atoms with Crippen molar-refractivity contribution >= 4 is 6.08 Å². The van der Waals surface area contributed by atoms with Crippen molar-refractivity contribution in [2.24, 2.45) is 0 Å². The van der Waals surface area contributed by atoms with Crippen molar-refractivity contribution in [3.05, 3.63) is 6.92 Å². The second-order valence-electron chi connectivity index (χ2n) is 1.55. The van der Waals surface area contributed by atoms with Gasteiger partial charge in [-0.25, -0.2) is 10.2 Å². The van der Waals surface area contributed by atoms with Crippen molar-refractivity contribution in [1.82, 2.24) is 0 Å². The third-order valence-corrected chi connectivity index (χ3v) is 0. The number of aliphatic hydroxyl groups excluding tert-OH is 3. The smallest absolute Gasteiger partial charge is 0.231 e. The maximum atomic E-state index is 8.35. The molecule has 0 saturated carbocycles. The first kappa shape index (κ1) is 36.0. The monoisotopic (exact) mass is 272 g/mol. The number of hydrogen-bond acceptors (Lipinski definition) is 5. The van der Waals surface area contributed by atoms with Gasteiger partial charge < -0.3 is 22.2 Å². The Morgan fingerprint density at radius 3 is 1.00 bits per heavy atom. The summed E-state index contributed by atoms with van der Waals surface area (Å²) >= 11 is 0. The molecule has 0 aromatic rings. The Bertz CT molecular complexity index is 71.2. The Hall–Kier alpha value is -0.0257. The number of nitrogens with one attached hydrogen (secondary N) is 1. The molecule has 0 atom stereocenters. The molecular formula is C10H26NO4Ti-. The van der Waals surface area contributed by atoms with Crippen molar-refractivity contribution in [2.75, 3.05) is 19.8 Å². The van der Waals surface area contributed by atoms with Gasteiger partial charge in [0.05, 0.1) is 0 Å². The zero-order valence-corrected chi connectivity index (χ0v) is 12.3. The molecule has 0 saturated heterocycles. The van der Waals surface area contributed by atoms with E-state index in [9.17, 15) is 0 Å². The minimum absolute atomic E-state index is 0. The summed E-state index contributed by atoms with van der Waals surface area (Å²) in [7, 11) is 0. The predicted octanol–water partition coefficient (Wildman–Crippen LogP) is 1.12. The van der Waals surface area contributed by atoms with Crippen molar-refractivity contribution in [2.45, 2.75) is 34.1 Å². The number of aliphatic hydroxyl groups is 3. The summed E-state index contributed by atoms with van der Waals surface area (Å²) < 4.78 is 0. The fourth-order valence-corrected chi connectivity index (χ4v) is 0. The van der Waals surface area contributed by atoms with E-state index in [1.165, 1.54) is 0 Å². The van der Waals surface area contributed by atoms with Gasteiger partial charge in [-0.1, -0.05) is 6.92 Å². The zero-order valence-electron chi connectivity index (χ0n) is 10.8. The van der Waals surface area contributed by atoms with Gasteiger partial charge in [-0.15, -0.1) is 0 Å². The average Bonchev–Trinajstić information content (AvgIpc) is 2.09. The van der Waals surface area contributed by atoms with Gasteiger partial charge in [-0.05, 0) is 20.8 Å². The number of rotatable bonds is 0. The van der Waals surface area contributed by atoms with E-state index in [4.69, 9.17) is 25.5 Å². The molecule has 6 heteroatoms. The standard InChI is InChI=1S/C3H7.3C2H6O.CHNO.Ti/c1-3-2;3*1-2-3;2-1-3;/h1,3H2,2H3;3*3H,2H2,1H3;2H;/q-1;;;;;.